The lowest BCUT2D eigenvalue weighted by Crippen LogP contribution is -2.58. The zero-order chi connectivity index (χ0) is 19.8. The fraction of sp³-hybridized carbons (Fsp3) is 0.640. The molecule has 0 bridgehead atoms. The van der Waals surface area contributed by atoms with Crippen molar-refractivity contribution in [2.24, 2.45) is 28.6 Å². The molecule has 1 aromatic carbocycles. The van der Waals surface area contributed by atoms with Gasteiger partial charge in [-0.3, -0.25) is 0 Å². The van der Waals surface area contributed by atoms with E-state index in [9.17, 15) is 5.11 Å². The largest absolute Gasteiger partial charge is 0.393 e. The van der Waals surface area contributed by atoms with Crippen LogP contribution in [0.1, 0.15) is 57.9 Å². The van der Waals surface area contributed by atoms with E-state index in [0.717, 1.165) is 30.4 Å². The number of nitrogens with zero attached hydrogens (tertiary/aromatic N) is 2. The molecule has 0 saturated heterocycles. The monoisotopic (exact) mass is 391 g/mol. The molecular weight excluding hydrogens is 358 g/mol. The summed E-state index contributed by atoms with van der Waals surface area (Å²) in [6, 6.07) is 11.0. The average molecular weight is 392 g/mol. The highest BCUT2D eigenvalue weighted by molar-refractivity contribution is 5.54. The van der Waals surface area contributed by atoms with E-state index in [4.69, 9.17) is 5.10 Å². The molecule has 4 heteroatoms. The molecule has 1 aromatic heterocycles. The maximum Gasteiger partial charge on any atom is 0.133 e. The molecule has 7 atom stereocenters. The molecule has 4 nitrogen and oxygen atoms in total. The van der Waals surface area contributed by atoms with Crippen molar-refractivity contribution in [3.63, 3.8) is 0 Å². The standard InChI is InChI=1S/C25H33N3O/c1-24-13-12-20-18(19(24)9-11-22(24)29)8-10-21-25(20,2)14-16-15-26-28(23(16)27-21)17-6-4-3-5-7-17/h3-7,15,18-22,27,29H,8-14H2,1-2H3/t18-,19-,20-,21+,22-,24-,25+/m0/s1. The summed E-state index contributed by atoms with van der Waals surface area (Å²) in [5, 5.41) is 19.4. The Morgan fingerprint density at radius 1 is 1.00 bits per heavy atom. The van der Waals surface area contributed by atoms with E-state index in [1.54, 1.807) is 0 Å². The van der Waals surface area contributed by atoms with E-state index < -0.39 is 0 Å². The van der Waals surface area contributed by atoms with Gasteiger partial charge in [-0.2, -0.15) is 5.10 Å². The van der Waals surface area contributed by atoms with Crippen molar-refractivity contribution in [1.82, 2.24) is 9.78 Å². The second kappa shape index (κ2) is 6.10. The van der Waals surface area contributed by atoms with E-state index in [1.165, 1.54) is 43.5 Å². The first-order chi connectivity index (χ1) is 14.0. The predicted molar refractivity (Wildman–Crippen MR) is 115 cm³/mol. The van der Waals surface area contributed by atoms with Gasteiger partial charge in [-0.15, -0.1) is 0 Å². The number of nitrogens with one attached hydrogen (secondary N) is 1. The third-order valence-corrected chi connectivity index (χ3v) is 9.55. The third kappa shape index (κ3) is 2.38. The second-order valence-electron chi connectivity index (χ2n) is 10.7. The van der Waals surface area contributed by atoms with Gasteiger partial charge >= 0.3 is 0 Å². The minimum atomic E-state index is -0.0841. The van der Waals surface area contributed by atoms with Crippen LogP contribution in [-0.2, 0) is 6.42 Å². The summed E-state index contributed by atoms with van der Waals surface area (Å²) >= 11 is 0. The quantitative estimate of drug-likeness (QED) is 0.733. The van der Waals surface area contributed by atoms with Crippen molar-refractivity contribution in [3.8, 4) is 5.69 Å². The number of anilines is 1. The van der Waals surface area contributed by atoms with E-state index in [0.29, 0.717) is 12.0 Å². The first-order valence-corrected chi connectivity index (χ1v) is 11.6. The molecule has 154 valence electrons. The number of aliphatic hydroxyl groups is 1. The minimum absolute atomic E-state index is 0.0841. The van der Waals surface area contributed by atoms with Gasteiger partial charge in [-0.05, 0) is 85.7 Å². The van der Waals surface area contributed by atoms with Gasteiger partial charge in [-0.1, -0.05) is 32.0 Å². The summed E-state index contributed by atoms with van der Waals surface area (Å²) in [5.74, 6) is 3.45. The van der Waals surface area contributed by atoms with Crippen LogP contribution >= 0.6 is 0 Å². The molecule has 0 spiro atoms. The molecule has 2 N–H and O–H groups in total. The average Bonchev–Trinajstić information content (AvgIpc) is 3.26. The van der Waals surface area contributed by atoms with E-state index in [2.05, 4.69) is 60.4 Å². The highest BCUT2D eigenvalue weighted by Gasteiger charge is 2.60. The zero-order valence-corrected chi connectivity index (χ0v) is 17.6. The lowest BCUT2D eigenvalue weighted by Gasteiger charge is -2.60. The van der Waals surface area contributed by atoms with E-state index in [1.807, 2.05) is 0 Å². The fourth-order valence-electron chi connectivity index (χ4n) is 7.93. The van der Waals surface area contributed by atoms with Crippen LogP contribution < -0.4 is 5.32 Å². The highest BCUT2D eigenvalue weighted by Crippen LogP contribution is 2.64. The fourth-order valence-corrected chi connectivity index (χ4v) is 7.93. The highest BCUT2D eigenvalue weighted by atomic mass is 16.3. The lowest BCUT2D eigenvalue weighted by molar-refractivity contribution is -0.0914. The SMILES string of the molecule is C[C@]12Cc3cnn(-c4ccccc4)c3N[C@@H]1CC[C@@H]1[C@@H]2CC[C@]2(C)[C@@H](O)CC[C@@H]12. The van der Waals surface area contributed by atoms with Crippen LogP contribution in [0.2, 0.25) is 0 Å². The molecule has 3 fully saturated rings. The van der Waals surface area contributed by atoms with Crippen LogP contribution in [0.15, 0.2) is 36.5 Å². The van der Waals surface area contributed by atoms with Crippen molar-refractivity contribution in [1.29, 1.82) is 0 Å². The van der Waals surface area contributed by atoms with Gasteiger partial charge in [0.15, 0.2) is 0 Å². The van der Waals surface area contributed by atoms with Gasteiger partial charge in [-0.25, -0.2) is 4.68 Å². The Hall–Kier alpha value is -1.81. The van der Waals surface area contributed by atoms with Crippen LogP contribution in [0.4, 0.5) is 5.82 Å². The molecule has 2 aromatic rings. The van der Waals surface area contributed by atoms with Crippen molar-refractivity contribution < 1.29 is 5.11 Å². The van der Waals surface area contributed by atoms with Gasteiger partial charge in [0.2, 0.25) is 0 Å². The van der Waals surface area contributed by atoms with Crippen molar-refractivity contribution in [3.05, 3.63) is 42.1 Å². The number of benzene rings is 1. The number of hydrogen-bond acceptors (Lipinski definition) is 3. The van der Waals surface area contributed by atoms with Crippen molar-refractivity contribution >= 4 is 5.82 Å². The molecule has 0 amide bonds. The Morgan fingerprint density at radius 2 is 1.79 bits per heavy atom. The Bertz CT molecular complexity index is 923. The smallest absolute Gasteiger partial charge is 0.133 e. The minimum Gasteiger partial charge on any atom is -0.393 e. The molecule has 4 aliphatic rings. The van der Waals surface area contributed by atoms with Crippen LogP contribution in [-0.4, -0.2) is 27.0 Å². The molecule has 3 aliphatic carbocycles. The molecule has 2 heterocycles. The first kappa shape index (κ1) is 18.0. The molecular formula is C25H33N3O. The molecule has 0 unspecified atom stereocenters. The summed E-state index contributed by atoms with van der Waals surface area (Å²) in [4.78, 5) is 0. The predicted octanol–water partition coefficient (Wildman–Crippen LogP) is 4.81. The number of aromatic nitrogens is 2. The van der Waals surface area contributed by atoms with Gasteiger partial charge in [0.05, 0.1) is 18.0 Å². The van der Waals surface area contributed by atoms with E-state index in [-0.39, 0.29) is 16.9 Å². The van der Waals surface area contributed by atoms with Gasteiger partial charge in [0.25, 0.3) is 0 Å². The maximum atomic E-state index is 10.7. The van der Waals surface area contributed by atoms with Crippen molar-refractivity contribution in [2.75, 3.05) is 5.32 Å². The number of para-hydroxylation sites is 1. The van der Waals surface area contributed by atoms with Gasteiger partial charge < -0.3 is 10.4 Å². The number of rotatable bonds is 1. The second-order valence-corrected chi connectivity index (χ2v) is 10.7. The summed E-state index contributed by atoms with van der Waals surface area (Å²) < 4.78 is 2.09. The normalized spacial score (nSPS) is 42.9. The van der Waals surface area contributed by atoms with Crippen LogP contribution in [0.3, 0.4) is 0 Å². The van der Waals surface area contributed by atoms with Crippen LogP contribution in [0.25, 0.3) is 5.69 Å². The summed E-state index contributed by atoms with van der Waals surface area (Å²) in [5.41, 5.74) is 2.95. The van der Waals surface area contributed by atoms with Gasteiger partial charge in [0, 0.05) is 11.6 Å². The van der Waals surface area contributed by atoms with Gasteiger partial charge in [0.1, 0.15) is 5.82 Å². The number of hydrogen-bond donors (Lipinski definition) is 2. The van der Waals surface area contributed by atoms with Crippen LogP contribution in [0.5, 0.6) is 0 Å². The molecule has 0 radical (unpaired) electrons. The number of fused-ring (bicyclic) bond motifs is 6. The first-order valence-electron chi connectivity index (χ1n) is 11.6. The maximum absolute atomic E-state index is 10.7. The molecule has 1 aliphatic heterocycles. The Kier molecular flexibility index (Phi) is 3.79. The molecule has 29 heavy (non-hydrogen) atoms. The Balaban J connectivity index is 1.34. The molecule has 3 saturated carbocycles. The third-order valence-electron chi connectivity index (χ3n) is 9.55. The summed E-state index contributed by atoms with van der Waals surface area (Å²) in [6.07, 6.45) is 10.4. The van der Waals surface area contributed by atoms with Crippen LogP contribution in [0, 0.1) is 28.6 Å². The zero-order valence-electron chi connectivity index (χ0n) is 17.6. The topological polar surface area (TPSA) is 50.1 Å². The Morgan fingerprint density at radius 3 is 2.62 bits per heavy atom. The van der Waals surface area contributed by atoms with Crippen molar-refractivity contribution in [2.45, 2.75) is 70.9 Å². The Labute approximate surface area is 173 Å². The number of aliphatic hydroxyl groups excluding tert-OH is 1. The summed E-state index contributed by atoms with van der Waals surface area (Å²) in [7, 11) is 0. The van der Waals surface area contributed by atoms with E-state index >= 15 is 0 Å². The molecule has 6 rings (SSSR count). The summed E-state index contributed by atoms with van der Waals surface area (Å²) in [6.45, 7) is 4.92. The lowest BCUT2D eigenvalue weighted by atomic mass is 9.47.